The number of hydrogen-bond acceptors (Lipinski definition) is 3. The Balaban J connectivity index is 2.94. The Morgan fingerprint density at radius 3 is 2.53 bits per heavy atom. The average Bonchev–Trinajstić information content (AvgIpc) is 2.26. The third-order valence-corrected chi connectivity index (χ3v) is 2.22. The quantitative estimate of drug-likeness (QED) is 0.642. The van der Waals surface area contributed by atoms with E-state index in [2.05, 4.69) is 4.74 Å². The second kappa shape index (κ2) is 5.38. The molecule has 0 spiro atoms. The standard InChI is InChI=1S/C11H10F2O4/c1-17-11(16)8(10(14)15)4-6-2-3-7(12)5-9(6)13/h2-3,5,8H,4H2,1H3,(H,14,15). The van der Waals surface area contributed by atoms with Crippen molar-refractivity contribution in [2.24, 2.45) is 5.92 Å². The van der Waals surface area contributed by atoms with Gasteiger partial charge in [0.2, 0.25) is 0 Å². The fourth-order valence-corrected chi connectivity index (χ4v) is 1.32. The van der Waals surface area contributed by atoms with Crippen LogP contribution in [0.3, 0.4) is 0 Å². The zero-order chi connectivity index (χ0) is 13.0. The van der Waals surface area contributed by atoms with Crippen LogP contribution >= 0.6 is 0 Å². The molecule has 17 heavy (non-hydrogen) atoms. The van der Waals surface area contributed by atoms with Gasteiger partial charge >= 0.3 is 11.9 Å². The molecule has 1 N–H and O–H groups in total. The number of ether oxygens (including phenoxy) is 1. The van der Waals surface area contributed by atoms with Crippen molar-refractivity contribution in [2.45, 2.75) is 6.42 Å². The smallest absolute Gasteiger partial charge is 0.320 e. The van der Waals surface area contributed by atoms with Crippen molar-refractivity contribution in [3.05, 3.63) is 35.4 Å². The third-order valence-electron chi connectivity index (χ3n) is 2.22. The maximum atomic E-state index is 13.3. The van der Waals surface area contributed by atoms with E-state index in [1.54, 1.807) is 0 Å². The monoisotopic (exact) mass is 244 g/mol. The molecule has 0 radical (unpaired) electrons. The van der Waals surface area contributed by atoms with Gasteiger partial charge in [-0.15, -0.1) is 0 Å². The predicted molar refractivity (Wildman–Crippen MR) is 53.2 cm³/mol. The molecule has 0 aliphatic carbocycles. The summed E-state index contributed by atoms with van der Waals surface area (Å²) in [5.41, 5.74) is -0.0517. The Morgan fingerprint density at radius 1 is 1.41 bits per heavy atom. The molecule has 1 atom stereocenters. The number of benzene rings is 1. The summed E-state index contributed by atoms with van der Waals surface area (Å²) in [6.07, 6.45) is -0.381. The summed E-state index contributed by atoms with van der Waals surface area (Å²) in [7, 11) is 1.04. The van der Waals surface area contributed by atoms with Crippen LogP contribution in [0.15, 0.2) is 18.2 Å². The number of methoxy groups -OCH3 is 1. The van der Waals surface area contributed by atoms with Gasteiger partial charge in [0.05, 0.1) is 7.11 Å². The number of carbonyl (C=O) groups excluding carboxylic acids is 1. The fourth-order valence-electron chi connectivity index (χ4n) is 1.32. The maximum absolute atomic E-state index is 13.3. The molecule has 92 valence electrons. The highest BCUT2D eigenvalue weighted by Crippen LogP contribution is 2.15. The first-order chi connectivity index (χ1) is 7.95. The first-order valence-electron chi connectivity index (χ1n) is 4.70. The molecule has 1 aromatic carbocycles. The highest BCUT2D eigenvalue weighted by atomic mass is 19.1. The van der Waals surface area contributed by atoms with E-state index in [9.17, 15) is 18.4 Å². The second-order valence-electron chi connectivity index (χ2n) is 3.35. The lowest BCUT2D eigenvalue weighted by Crippen LogP contribution is -2.27. The van der Waals surface area contributed by atoms with Gasteiger partial charge < -0.3 is 9.84 Å². The van der Waals surface area contributed by atoms with Crippen LogP contribution in [0.25, 0.3) is 0 Å². The molecule has 4 nitrogen and oxygen atoms in total. The Morgan fingerprint density at radius 2 is 2.06 bits per heavy atom. The third kappa shape index (κ3) is 3.24. The summed E-state index contributed by atoms with van der Waals surface area (Å²) < 4.78 is 30.2. The second-order valence-corrected chi connectivity index (χ2v) is 3.35. The normalized spacial score (nSPS) is 11.9. The summed E-state index contributed by atoms with van der Waals surface area (Å²) in [5.74, 6) is -5.54. The molecule has 0 fully saturated rings. The molecule has 1 rings (SSSR count). The molecule has 0 aromatic heterocycles. The number of esters is 1. The van der Waals surface area contributed by atoms with Crippen LogP contribution in [0.2, 0.25) is 0 Å². The molecule has 0 saturated heterocycles. The zero-order valence-electron chi connectivity index (χ0n) is 8.94. The Kier molecular flexibility index (Phi) is 4.14. The molecular formula is C11H10F2O4. The largest absolute Gasteiger partial charge is 0.481 e. The highest BCUT2D eigenvalue weighted by molar-refractivity contribution is 5.94. The Hall–Kier alpha value is -1.98. The van der Waals surface area contributed by atoms with Crippen LogP contribution in [-0.4, -0.2) is 24.2 Å². The molecular weight excluding hydrogens is 234 g/mol. The van der Waals surface area contributed by atoms with E-state index in [0.29, 0.717) is 6.07 Å². The van der Waals surface area contributed by atoms with E-state index < -0.39 is 29.5 Å². The molecule has 1 aromatic rings. The Bertz CT molecular complexity index is 445. The van der Waals surface area contributed by atoms with Gasteiger partial charge in [0, 0.05) is 6.07 Å². The van der Waals surface area contributed by atoms with Crippen LogP contribution in [0.1, 0.15) is 5.56 Å². The van der Waals surface area contributed by atoms with Crippen molar-refractivity contribution in [3.8, 4) is 0 Å². The van der Waals surface area contributed by atoms with Crippen LogP contribution in [0, 0.1) is 17.6 Å². The lowest BCUT2D eigenvalue weighted by Gasteiger charge is -2.10. The number of hydrogen-bond donors (Lipinski definition) is 1. The number of halogens is 2. The van der Waals surface area contributed by atoms with Gasteiger partial charge in [0.25, 0.3) is 0 Å². The average molecular weight is 244 g/mol. The first-order valence-corrected chi connectivity index (χ1v) is 4.70. The van der Waals surface area contributed by atoms with Crippen molar-refractivity contribution in [1.82, 2.24) is 0 Å². The topological polar surface area (TPSA) is 63.6 Å². The summed E-state index contributed by atoms with van der Waals surface area (Å²) in [4.78, 5) is 21.9. The molecule has 6 heteroatoms. The highest BCUT2D eigenvalue weighted by Gasteiger charge is 2.28. The van der Waals surface area contributed by atoms with Gasteiger partial charge in [0.1, 0.15) is 11.6 Å². The van der Waals surface area contributed by atoms with Crippen LogP contribution in [0.4, 0.5) is 8.78 Å². The Labute approximate surface area is 95.8 Å². The summed E-state index contributed by atoms with van der Waals surface area (Å²) in [6, 6.07) is 2.73. The maximum Gasteiger partial charge on any atom is 0.320 e. The number of carboxylic acid groups (broad SMARTS) is 1. The predicted octanol–water partition coefficient (Wildman–Crippen LogP) is 1.38. The molecule has 0 saturated carbocycles. The lowest BCUT2D eigenvalue weighted by atomic mass is 9.99. The number of aliphatic carboxylic acids is 1. The van der Waals surface area contributed by atoms with Gasteiger partial charge in [-0.05, 0) is 18.1 Å². The number of rotatable bonds is 4. The minimum atomic E-state index is -1.50. The van der Waals surface area contributed by atoms with E-state index >= 15 is 0 Å². The van der Waals surface area contributed by atoms with Crippen molar-refractivity contribution in [3.63, 3.8) is 0 Å². The van der Waals surface area contributed by atoms with Crippen molar-refractivity contribution in [1.29, 1.82) is 0 Å². The lowest BCUT2D eigenvalue weighted by molar-refractivity contribution is -0.156. The van der Waals surface area contributed by atoms with Gasteiger partial charge in [-0.25, -0.2) is 8.78 Å². The molecule has 0 aliphatic rings. The van der Waals surface area contributed by atoms with E-state index in [4.69, 9.17) is 5.11 Å². The molecule has 0 amide bonds. The summed E-state index contributed by atoms with van der Waals surface area (Å²) >= 11 is 0. The zero-order valence-corrected chi connectivity index (χ0v) is 8.94. The van der Waals surface area contributed by atoms with Crippen LogP contribution < -0.4 is 0 Å². The van der Waals surface area contributed by atoms with Gasteiger partial charge in [-0.2, -0.15) is 0 Å². The van der Waals surface area contributed by atoms with Gasteiger partial charge in [0.15, 0.2) is 5.92 Å². The summed E-state index contributed by atoms with van der Waals surface area (Å²) in [6.45, 7) is 0. The number of carboxylic acids is 1. The number of carbonyl (C=O) groups is 2. The fraction of sp³-hybridized carbons (Fsp3) is 0.273. The van der Waals surface area contributed by atoms with Gasteiger partial charge in [-0.1, -0.05) is 6.07 Å². The van der Waals surface area contributed by atoms with E-state index in [1.807, 2.05) is 0 Å². The molecule has 1 unspecified atom stereocenters. The van der Waals surface area contributed by atoms with Crippen molar-refractivity contribution in [2.75, 3.05) is 7.11 Å². The summed E-state index contributed by atoms with van der Waals surface area (Å²) in [5, 5.41) is 8.78. The van der Waals surface area contributed by atoms with Crippen LogP contribution in [-0.2, 0) is 20.7 Å². The van der Waals surface area contributed by atoms with Crippen LogP contribution in [0.5, 0.6) is 0 Å². The molecule has 0 aliphatic heterocycles. The van der Waals surface area contributed by atoms with Crippen molar-refractivity contribution < 1.29 is 28.2 Å². The van der Waals surface area contributed by atoms with Gasteiger partial charge in [-0.3, -0.25) is 9.59 Å². The van der Waals surface area contributed by atoms with E-state index in [0.717, 1.165) is 19.2 Å². The molecule has 0 heterocycles. The van der Waals surface area contributed by atoms with E-state index in [-0.39, 0.29) is 12.0 Å². The minimum Gasteiger partial charge on any atom is -0.481 e. The minimum absolute atomic E-state index is 0.0517. The molecule has 0 bridgehead atoms. The van der Waals surface area contributed by atoms with Crippen molar-refractivity contribution >= 4 is 11.9 Å². The van der Waals surface area contributed by atoms with E-state index in [1.165, 1.54) is 0 Å². The first kappa shape index (κ1) is 13.1. The SMILES string of the molecule is COC(=O)C(Cc1ccc(F)cc1F)C(=O)O.